The zero-order valence-electron chi connectivity index (χ0n) is 10.6. The number of rotatable bonds is 4. The minimum Gasteiger partial charge on any atom is -0.480 e. The number of urea groups is 1. The molecular formula is C12H21N3O3. The third kappa shape index (κ3) is 4.18. The lowest BCUT2D eigenvalue weighted by molar-refractivity contribution is -0.138. The van der Waals surface area contributed by atoms with Crippen molar-refractivity contribution in [1.82, 2.24) is 15.1 Å². The van der Waals surface area contributed by atoms with E-state index in [0.29, 0.717) is 25.6 Å². The minimum absolute atomic E-state index is 0.000856. The average Bonchev–Trinajstić information content (AvgIpc) is 3.12. The zero-order chi connectivity index (χ0) is 13.0. The van der Waals surface area contributed by atoms with Crippen LogP contribution in [0.1, 0.15) is 19.3 Å². The maximum Gasteiger partial charge on any atom is 0.317 e. The Morgan fingerprint density at radius 3 is 2.61 bits per heavy atom. The fourth-order valence-electron chi connectivity index (χ4n) is 2.19. The van der Waals surface area contributed by atoms with E-state index in [4.69, 9.17) is 5.11 Å². The fraction of sp³-hybridized carbons (Fsp3) is 0.833. The lowest BCUT2D eigenvalue weighted by Gasteiger charge is -2.21. The van der Waals surface area contributed by atoms with Gasteiger partial charge in [-0.05, 0) is 25.2 Å². The molecular weight excluding hydrogens is 234 g/mol. The van der Waals surface area contributed by atoms with Gasteiger partial charge in [-0.15, -0.1) is 0 Å². The Bertz CT molecular complexity index is 318. The molecule has 2 aliphatic rings. The van der Waals surface area contributed by atoms with Gasteiger partial charge in [0, 0.05) is 32.7 Å². The summed E-state index contributed by atoms with van der Waals surface area (Å²) in [5.74, 6) is -0.119. The van der Waals surface area contributed by atoms with Crippen LogP contribution in [0.25, 0.3) is 0 Å². The van der Waals surface area contributed by atoms with Crippen LogP contribution >= 0.6 is 0 Å². The van der Waals surface area contributed by atoms with E-state index < -0.39 is 5.97 Å². The molecule has 0 bridgehead atoms. The molecule has 6 heteroatoms. The van der Waals surface area contributed by atoms with E-state index in [0.717, 1.165) is 19.5 Å². The summed E-state index contributed by atoms with van der Waals surface area (Å²) in [6, 6.07) is -0.000856. The normalized spacial score (nSPS) is 21.4. The average molecular weight is 255 g/mol. The van der Waals surface area contributed by atoms with E-state index in [-0.39, 0.29) is 12.6 Å². The quantitative estimate of drug-likeness (QED) is 0.752. The van der Waals surface area contributed by atoms with Crippen LogP contribution in [0.5, 0.6) is 0 Å². The number of aliphatic carboxylic acids is 1. The van der Waals surface area contributed by atoms with Gasteiger partial charge in [0.2, 0.25) is 0 Å². The van der Waals surface area contributed by atoms with Gasteiger partial charge in [0.25, 0.3) is 0 Å². The molecule has 0 spiro atoms. The Morgan fingerprint density at radius 1 is 1.17 bits per heavy atom. The molecule has 2 fully saturated rings. The molecule has 6 nitrogen and oxygen atoms in total. The molecule has 1 saturated heterocycles. The van der Waals surface area contributed by atoms with E-state index in [1.807, 2.05) is 4.90 Å². The van der Waals surface area contributed by atoms with Crippen molar-refractivity contribution in [1.29, 1.82) is 0 Å². The maximum atomic E-state index is 11.9. The van der Waals surface area contributed by atoms with E-state index >= 15 is 0 Å². The predicted molar refractivity (Wildman–Crippen MR) is 66.4 cm³/mol. The topological polar surface area (TPSA) is 72.9 Å². The third-order valence-corrected chi connectivity index (χ3v) is 3.47. The molecule has 2 amide bonds. The number of hydrogen-bond donors (Lipinski definition) is 2. The van der Waals surface area contributed by atoms with Crippen LogP contribution < -0.4 is 5.32 Å². The van der Waals surface area contributed by atoms with Crippen molar-refractivity contribution in [3.63, 3.8) is 0 Å². The molecule has 1 saturated carbocycles. The Labute approximate surface area is 107 Å². The summed E-state index contributed by atoms with van der Waals surface area (Å²) < 4.78 is 0. The van der Waals surface area contributed by atoms with Gasteiger partial charge in [0.15, 0.2) is 0 Å². The Kier molecular flexibility index (Phi) is 4.41. The number of carbonyl (C=O) groups is 2. The highest BCUT2D eigenvalue weighted by atomic mass is 16.4. The molecule has 0 aromatic carbocycles. The Hall–Kier alpha value is -1.30. The second-order valence-electron chi connectivity index (χ2n) is 5.14. The molecule has 0 atom stereocenters. The van der Waals surface area contributed by atoms with Gasteiger partial charge in [0.1, 0.15) is 0 Å². The molecule has 1 aliphatic carbocycles. The van der Waals surface area contributed by atoms with E-state index in [2.05, 4.69) is 5.32 Å². The van der Waals surface area contributed by atoms with Gasteiger partial charge < -0.3 is 15.3 Å². The predicted octanol–water partition coefficient (Wildman–Crippen LogP) is 0.198. The summed E-state index contributed by atoms with van der Waals surface area (Å²) in [6.45, 7) is 3.57. The monoisotopic (exact) mass is 255 g/mol. The van der Waals surface area contributed by atoms with Crippen LogP contribution in [0, 0.1) is 5.92 Å². The molecule has 0 radical (unpaired) electrons. The first-order valence-electron chi connectivity index (χ1n) is 6.62. The number of hydrogen-bond acceptors (Lipinski definition) is 3. The number of carbonyl (C=O) groups excluding carboxylic acids is 1. The van der Waals surface area contributed by atoms with Gasteiger partial charge in [-0.3, -0.25) is 9.69 Å². The molecule has 0 aromatic rings. The van der Waals surface area contributed by atoms with Gasteiger partial charge in [-0.2, -0.15) is 0 Å². The van der Waals surface area contributed by atoms with E-state index in [9.17, 15) is 9.59 Å². The number of nitrogens with zero attached hydrogens (tertiary/aromatic N) is 2. The smallest absolute Gasteiger partial charge is 0.317 e. The SMILES string of the molecule is O=C(O)CN1CCCN(C(=O)NCC2CC2)CC1. The summed E-state index contributed by atoms with van der Waals surface area (Å²) in [5, 5.41) is 11.7. The standard InChI is InChI=1S/C12H21N3O3/c16-11(17)9-14-4-1-5-15(7-6-14)12(18)13-8-10-2-3-10/h10H,1-9H2,(H,13,18)(H,16,17). The molecule has 1 heterocycles. The summed E-state index contributed by atoms with van der Waals surface area (Å²) in [7, 11) is 0. The van der Waals surface area contributed by atoms with Crippen LogP contribution in [0.4, 0.5) is 4.79 Å². The Balaban J connectivity index is 1.72. The van der Waals surface area contributed by atoms with E-state index in [1.165, 1.54) is 12.8 Å². The minimum atomic E-state index is -0.804. The van der Waals surface area contributed by atoms with Gasteiger partial charge in [0.05, 0.1) is 6.54 Å². The van der Waals surface area contributed by atoms with Crippen molar-refractivity contribution in [2.75, 3.05) is 39.3 Å². The van der Waals surface area contributed by atoms with Crippen LogP contribution in [0.2, 0.25) is 0 Å². The molecule has 102 valence electrons. The van der Waals surface area contributed by atoms with E-state index in [1.54, 1.807) is 4.90 Å². The number of amides is 2. The van der Waals surface area contributed by atoms with Crippen molar-refractivity contribution < 1.29 is 14.7 Å². The Morgan fingerprint density at radius 2 is 1.94 bits per heavy atom. The first-order valence-corrected chi connectivity index (χ1v) is 6.62. The molecule has 1 aliphatic heterocycles. The lowest BCUT2D eigenvalue weighted by Crippen LogP contribution is -2.43. The van der Waals surface area contributed by atoms with Crippen molar-refractivity contribution in [2.45, 2.75) is 19.3 Å². The number of carboxylic acid groups (broad SMARTS) is 1. The molecule has 0 unspecified atom stereocenters. The largest absolute Gasteiger partial charge is 0.480 e. The fourth-order valence-corrected chi connectivity index (χ4v) is 2.19. The molecule has 2 N–H and O–H groups in total. The highest BCUT2D eigenvalue weighted by Crippen LogP contribution is 2.27. The zero-order valence-corrected chi connectivity index (χ0v) is 10.6. The van der Waals surface area contributed by atoms with Crippen LogP contribution in [0.15, 0.2) is 0 Å². The second kappa shape index (κ2) is 6.04. The van der Waals surface area contributed by atoms with Gasteiger partial charge >= 0.3 is 12.0 Å². The molecule has 2 rings (SSSR count). The first kappa shape index (κ1) is 13.1. The van der Waals surface area contributed by atoms with Crippen molar-refractivity contribution in [3.8, 4) is 0 Å². The maximum absolute atomic E-state index is 11.9. The first-order chi connectivity index (χ1) is 8.65. The highest BCUT2D eigenvalue weighted by molar-refractivity contribution is 5.74. The van der Waals surface area contributed by atoms with Crippen LogP contribution in [-0.2, 0) is 4.79 Å². The number of nitrogens with one attached hydrogen (secondary N) is 1. The summed E-state index contributed by atoms with van der Waals surface area (Å²) in [6.07, 6.45) is 3.30. The van der Waals surface area contributed by atoms with Crippen molar-refractivity contribution in [3.05, 3.63) is 0 Å². The van der Waals surface area contributed by atoms with Gasteiger partial charge in [-0.25, -0.2) is 4.79 Å². The summed E-state index contributed by atoms with van der Waals surface area (Å²) in [4.78, 5) is 26.2. The number of carboxylic acids is 1. The molecule has 0 aromatic heterocycles. The van der Waals surface area contributed by atoms with Crippen molar-refractivity contribution in [2.24, 2.45) is 5.92 Å². The summed E-state index contributed by atoms with van der Waals surface area (Å²) in [5.41, 5.74) is 0. The van der Waals surface area contributed by atoms with Crippen molar-refractivity contribution >= 4 is 12.0 Å². The second-order valence-corrected chi connectivity index (χ2v) is 5.14. The molecule has 18 heavy (non-hydrogen) atoms. The van der Waals surface area contributed by atoms with Crippen LogP contribution in [0.3, 0.4) is 0 Å². The van der Waals surface area contributed by atoms with Crippen LogP contribution in [-0.4, -0.2) is 66.2 Å². The highest BCUT2D eigenvalue weighted by Gasteiger charge is 2.24. The lowest BCUT2D eigenvalue weighted by atomic mass is 10.4. The third-order valence-electron chi connectivity index (χ3n) is 3.47. The summed E-state index contributed by atoms with van der Waals surface area (Å²) >= 11 is 0. The van der Waals surface area contributed by atoms with Gasteiger partial charge in [-0.1, -0.05) is 0 Å².